The molecule has 0 N–H and O–H groups in total. The zero-order valence-corrected chi connectivity index (χ0v) is 13.2. The molecule has 3 heteroatoms. The predicted molar refractivity (Wildman–Crippen MR) is 82.6 cm³/mol. The smallest absolute Gasteiger partial charge is 0.0408 e. The van der Waals surface area contributed by atoms with E-state index < -0.39 is 0 Å². The van der Waals surface area contributed by atoms with E-state index in [4.69, 9.17) is 0 Å². The molecule has 0 radical (unpaired) electrons. The lowest BCUT2D eigenvalue weighted by Gasteiger charge is -2.43. The lowest BCUT2D eigenvalue weighted by atomic mass is 10.0. The minimum atomic E-state index is 0.293. The van der Waals surface area contributed by atoms with E-state index in [1.54, 1.807) is 0 Å². The first kappa shape index (κ1) is 13.9. The molecule has 0 aliphatic carbocycles. The molecule has 1 aromatic carbocycles. The van der Waals surface area contributed by atoms with Gasteiger partial charge in [0.1, 0.15) is 0 Å². The van der Waals surface area contributed by atoms with Gasteiger partial charge in [-0.05, 0) is 32.4 Å². The maximum absolute atomic E-state index is 3.58. The van der Waals surface area contributed by atoms with Crippen LogP contribution < -0.4 is 4.90 Å². The minimum absolute atomic E-state index is 0.293. The van der Waals surface area contributed by atoms with Crippen LogP contribution >= 0.6 is 15.9 Å². The number of rotatable bonds is 2. The van der Waals surface area contributed by atoms with Gasteiger partial charge in [0.25, 0.3) is 0 Å². The van der Waals surface area contributed by atoms with Crippen molar-refractivity contribution in [3.05, 3.63) is 29.8 Å². The molecule has 2 rings (SSSR count). The van der Waals surface area contributed by atoms with Gasteiger partial charge in [-0.1, -0.05) is 34.1 Å². The summed E-state index contributed by atoms with van der Waals surface area (Å²) in [6, 6.07) is 8.70. The molecule has 0 saturated carbocycles. The number of benzene rings is 1. The van der Waals surface area contributed by atoms with E-state index in [0.717, 1.165) is 31.5 Å². The summed E-state index contributed by atoms with van der Waals surface area (Å²) in [6.45, 7) is 11.5. The Morgan fingerprint density at radius 1 is 1.06 bits per heavy atom. The Bertz CT molecular complexity index is 390. The largest absolute Gasteiger partial charge is 0.369 e. The van der Waals surface area contributed by atoms with Crippen molar-refractivity contribution in [3.63, 3.8) is 0 Å². The molecule has 1 heterocycles. The van der Waals surface area contributed by atoms with Crippen LogP contribution in [0.25, 0.3) is 0 Å². The Hall–Kier alpha value is -0.540. The number of halogens is 1. The highest BCUT2D eigenvalue weighted by molar-refractivity contribution is 9.08. The summed E-state index contributed by atoms with van der Waals surface area (Å²) < 4.78 is 0. The summed E-state index contributed by atoms with van der Waals surface area (Å²) in [4.78, 5) is 5.08. The lowest BCUT2D eigenvalue weighted by Crippen LogP contribution is -2.53. The molecule has 0 spiro atoms. The first-order chi connectivity index (χ1) is 8.52. The molecular weight excluding hydrogens is 288 g/mol. The fourth-order valence-electron chi connectivity index (χ4n) is 2.55. The molecule has 0 amide bonds. The van der Waals surface area contributed by atoms with Crippen LogP contribution in [0.1, 0.15) is 26.3 Å². The van der Waals surface area contributed by atoms with E-state index in [-0.39, 0.29) is 0 Å². The van der Waals surface area contributed by atoms with Crippen molar-refractivity contribution >= 4 is 21.6 Å². The molecule has 1 saturated heterocycles. The molecule has 1 aromatic rings. The highest BCUT2D eigenvalue weighted by Crippen LogP contribution is 2.25. The molecule has 2 nitrogen and oxygen atoms in total. The fraction of sp³-hybridized carbons (Fsp3) is 0.600. The van der Waals surface area contributed by atoms with Gasteiger partial charge in [0.2, 0.25) is 0 Å². The normalized spacial score (nSPS) is 18.1. The third-order valence-electron chi connectivity index (χ3n) is 3.70. The average Bonchev–Trinajstić information content (AvgIpc) is 2.38. The van der Waals surface area contributed by atoms with Gasteiger partial charge in [0.05, 0.1) is 0 Å². The summed E-state index contributed by atoms with van der Waals surface area (Å²) in [5.41, 5.74) is 3.07. The third-order valence-corrected chi connectivity index (χ3v) is 4.31. The summed E-state index contributed by atoms with van der Waals surface area (Å²) in [5, 5.41) is 0.933. The molecule has 100 valence electrons. The molecule has 1 fully saturated rings. The Labute approximate surface area is 119 Å². The number of para-hydroxylation sites is 1. The lowest BCUT2D eigenvalue weighted by molar-refractivity contribution is 0.128. The summed E-state index contributed by atoms with van der Waals surface area (Å²) in [5.74, 6) is 0. The Balaban J connectivity index is 2.06. The van der Waals surface area contributed by atoms with E-state index in [0.29, 0.717) is 5.54 Å². The van der Waals surface area contributed by atoms with Gasteiger partial charge < -0.3 is 4.90 Å². The van der Waals surface area contributed by atoms with Gasteiger partial charge in [0, 0.05) is 42.7 Å². The predicted octanol–water partition coefficient (Wildman–Crippen LogP) is 3.50. The molecule has 0 aromatic heterocycles. The second-order valence-electron chi connectivity index (χ2n) is 5.91. The number of hydrogen-bond acceptors (Lipinski definition) is 2. The van der Waals surface area contributed by atoms with Crippen LogP contribution in [0, 0.1) is 0 Å². The zero-order valence-electron chi connectivity index (χ0n) is 11.6. The van der Waals surface area contributed by atoms with Crippen molar-refractivity contribution in [2.45, 2.75) is 31.6 Å². The SMILES string of the molecule is CC(C)(C)N1CCN(c2ccccc2CBr)CC1. The van der Waals surface area contributed by atoms with Crippen molar-refractivity contribution in [2.75, 3.05) is 31.1 Å². The second-order valence-corrected chi connectivity index (χ2v) is 6.47. The van der Waals surface area contributed by atoms with Crippen molar-refractivity contribution in [1.82, 2.24) is 4.90 Å². The first-order valence-electron chi connectivity index (χ1n) is 6.66. The van der Waals surface area contributed by atoms with Crippen LogP contribution in [0.15, 0.2) is 24.3 Å². The Morgan fingerprint density at radius 2 is 1.67 bits per heavy atom. The number of hydrogen-bond donors (Lipinski definition) is 0. The zero-order chi connectivity index (χ0) is 13.2. The van der Waals surface area contributed by atoms with E-state index in [1.807, 2.05) is 0 Å². The average molecular weight is 311 g/mol. The molecule has 0 bridgehead atoms. The molecule has 1 aliphatic heterocycles. The molecular formula is C15H23BrN2. The van der Waals surface area contributed by atoms with Gasteiger partial charge in [-0.25, -0.2) is 0 Å². The van der Waals surface area contributed by atoms with Crippen LogP contribution in [-0.4, -0.2) is 36.6 Å². The van der Waals surface area contributed by atoms with Crippen LogP contribution in [0.3, 0.4) is 0 Å². The third kappa shape index (κ3) is 3.07. The van der Waals surface area contributed by atoms with Gasteiger partial charge in [-0.2, -0.15) is 0 Å². The van der Waals surface area contributed by atoms with Gasteiger partial charge in [-0.3, -0.25) is 4.90 Å². The summed E-state index contributed by atoms with van der Waals surface area (Å²) in [6.07, 6.45) is 0. The van der Waals surface area contributed by atoms with Crippen molar-refractivity contribution in [1.29, 1.82) is 0 Å². The standard InChI is InChI=1S/C15H23BrN2/c1-15(2,3)18-10-8-17(9-11-18)14-7-5-4-6-13(14)12-16/h4-7H,8-12H2,1-3H3. The van der Waals surface area contributed by atoms with E-state index >= 15 is 0 Å². The molecule has 0 atom stereocenters. The van der Waals surface area contributed by atoms with E-state index in [1.165, 1.54) is 11.3 Å². The maximum Gasteiger partial charge on any atom is 0.0408 e. The Morgan fingerprint density at radius 3 is 2.22 bits per heavy atom. The van der Waals surface area contributed by atoms with Crippen molar-refractivity contribution < 1.29 is 0 Å². The van der Waals surface area contributed by atoms with Crippen LogP contribution in [-0.2, 0) is 5.33 Å². The number of piperazine rings is 1. The maximum atomic E-state index is 3.58. The quantitative estimate of drug-likeness (QED) is 0.771. The van der Waals surface area contributed by atoms with Crippen LogP contribution in [0.5, 0.6) is 0 Å². The number of nitrogens with zero attached hydrogens (tertiary/aromatic N) is 2. The summed E-state index contributed by atoms with van der Waals surface area (Å²) in [7, 11) is 0. The first-order valence-corrected chi connectivity index (χ1v) is 7.78. The monoisotopic (exact) mass is 310 g/mol. The fourth-order valence-corrected chi connectivity index (χ4v) is 3.02. The highest BCUT2D eigenvalue weighted by Gasteiger charge is 2.26. The number of anilines is 1. The minimum Gasteiger partial charge on any atom is -0.369 e. The molecule has 0 unspecified atom stereocenters. The second kappa shape index (κ2) is 5.62. The van der Waals surface area contributed by atoms with Gasteiger partial charge in [0.15, 0.2) is 0 Å². The Kier molecular flexibility index (Phi) is 4.33. The van der Waals surface area contributed by atoms with E-state index in [9.17, 15) is 0 Å². The van der Waals surface area contributed by atoms with Gasteiger partial charge >= 0.3 is 0 Å². The van der Waals surface area contributed by atoms with Gasteiger partial charge in [-0.15, -0.1) is 0 Å². The summed E-state index contributed by atoms with van der Waals surface area (Å²) >= 11 is 3.58. The highest BCUT2D eigenvalue weighted by atomic mass is 79.9. The number of alkyl halides is 1. The van der Waals surface area contributed by atoms with E-state index in [2.05, 4.69) is 70.8 Å². The van der Waals surface area contributed by atoms with Crippen LogP contribution in [0.4, 0.5) is 5.69 Å². The van der Waals surface area contributed by atoms with Crippen molar-refractivity contribution in [2.24, 2.45) is 0 Å². The van der Waals surface area contributed by atoms with Crippen LogP contribution in [0.2, 0.25) is 0 Å². The molecule has 1 aliphatic rings. The topological polar surface area (TPSA) is 6.48 Å². The molecule has 18 heavy (non-hydrogen) atoms. The van der Waals surface area contributed by atoms with Crippen molar-refractivity contribution in [3.8, 4) is 0 Å².